The van der Waals surface area contributed by atoms with E-state index in [1.807, 2.05) is 13.8 Å². The number of carboxylic acids is 1. The molecule has 35 heavy (non-hydrogen) atoms. The molecule has 9 nitrogen and oxygen atoms in total. The van der Waals surface area contributed by atoms with Crippen LogP contribution in [0.5, 0.6) is 11.5 Å². The van der Waals surface area contributed by atoms with Crippen LogP contribution < -0.4 is 15.2 Å². The third-order valence-corrected chi connectivity index (χ3v) is 5.39. The Hall–Kier alpha value is -2.94. The number of hydrogen-bond donors (Lipinski definition) is 2. The summed E-state index contributed by atoms with van der Waals surface area (Å²) >= 11 is 0. The maximum Gasteiger partial charge on any atom is 0.324 e. The Morgan fingerprint density at radius 1 is 0.943 bits per heavy atom. The lowest BCUT2D eigenvalue weighted by Gasteiger charge is -2.28. The normalized spacial score (nSPS) is 13.4. The van der Waals surface area contributed by atoms with Gasteiger partial charge in [-0.05, 0) is 37.5 Å². The maximum absolute atomic E-state index is 12.4. The standard InChI is InChI=1S/C26H39NO8/c1-5-7-9-11-23(29)34-21-14-13-20(15-22(21)35-24(30)12-10-8-6-2)17-26(27,25(31)32)16-18(3)33-19(4)28/h13-15,18H,5-12,16-17,27H2,1-4H3,(H,31,32)/t18-,26?/m0/s1. The van der Waals surface area contributed by atoms with Crippen molar-refractivity contribution in [3.8, 4) is 11.5 Å². The lowest BCUT2D eigenvalue weighted by Crippen LogP contribution is -2.52. The molecule has 0 saturated heterocycles. The first-order valence-electron chi connectivity index (χ1n) is 12.2. The van der Waals surface area contributed by atoms with E-state index in [1.165, 1.54) is 19.1 Å². The molecule has 196 valence electrons. The van der Waals surface area contributed by atoms with Gasteiger partial charge >= 0.3 is 23.9 Å². The fourth-order valence-corrected chi connectivity index (χ4v) is 3.65. The van der Waals surface area contributed by atoms with Crippen molar-refractivity contribution in [1.29, 1.82) is 0 Å². The second-order valence-corrected chi connectivity index (χ2v) is 8.91. The molecule has 0 fully saturated rings. The fourth-order valence-electron chi connectivity index (χ4n) is 3.65. The van der Waals surface area contributed by atoms with Crippen LogP contribution in [0.15, 0.2) is 18.2 Å². The number of unbranched alkanes of at least 4 members (excludes halogenated alkanes) is 4. The monoisotopic (exact) mass is 493 g/mol. The van der Waals surface area contributed by atoms with Crippen molar-refractivity contribution in [3.63, 3.8) is 0 Å². The highest BCUT2D eigenvalue weighted by Crippen LogP contribution is 2.31. The predicted octanol–water partition coefficient (Wildman–Crippen LogP) is 4.32. The van der Waals surface area contributed by atoms with Crippen molar-refractivity contribution in [2.75, 3.05) is 0 Å². The molecule has 0 bridgehead atoms. The topological polar surface area (TPSA) is 142 Å². The number of nitrogens with two attached hydrogens (primary N) is 1. The summed E-state index contributed by atoms with van der Waals surface area (Å²) in [6.45, 7) is 6.85. The van der Waals surface area contributed by atoms with Gasteiger partial charge in [-0.3, -0.25) is 19.2 Å². The van der Waals surface area contributed by atoms with E-state index in [9.17, 15) is 24.3 Å². The van der Waals surface area contributed by atoms with Crippen molar-refractivity contribution in [1.82, 2.24) is 0 Å². The van der Waals surface area contributed by atoms with Crippen LogP contribution in [0.25, 0.3) is 0 Å². The summed E-state index contributed by atoms with van der Waals surface area (Å²) in [7, 11) is 0. The van der Waals surface area contributed by atoms with E-state index in [-0.39, 0.29) is 37.2 Å². The molecule has 0 radical (unpaired) electrons. The minimum atomic E-state index is -1.74. The second-order valence-electron chi connectivity index (χ2n) is 8.91. The van der Waals surface area contributed by atoms with Crippen molar-refractivity contribution in [2.45, 2.75) is 104 Å². The van der Waals surface area contributed by atoms with Gasteiger partial charge in [-0.2, -0.15) is 0 Å². The largest absolute Gasteiger partial charge is 0.480 e. The first kappa shape index (κ1) is 30.1. The maximum atomic E-state index is 12.4. The number of carbonyl (C=O) groups excluding carboxylic acids is 3. The quantitative estimate of drug-likeness (QED) is 0.195. The molecular weight excluding hydrogens is 454 g/mol. The minimum Gasteiger partial charge on any atom is -0.480 e. The molecule has 0 saturated carbocycles. The van der Waals surface area contributed by atoms with Crippen LogP contribution >= 0.6 is 0 Å². The van der Waals surface area contributed by atoms with Crippen LogP contribution in [-0.4, -0.2) is 40.6 Å². The fraction of sp³-hybridized carbons (Fsp3) is 0.615. The molecule has 0 aliphatic heterocycles. The summed E-state index contributed by atoms with van der Waals surface area (Å²) in [5.41, 5.74) is 4.91. The summed E-state index contributed by atoms with van der Waals surface area (Å²) < 4.78 is 16.0. The molecular formula is C26H39NO8. The lowest BCUT2D eigenvalue weighted by molar-refractivity contribution is -0.151. The van der Waals surface area contributed by atoms with Gasteiger partial charge in [0.1, 0.15) is 11.6 Å². The van der Waals surface area contributed by atoms with Crippen LogP contribution in [0, 0.1) is 0 Å². The van der Waals surface area contributed by atoms with Crippen LogP contribution in [-0.2, 0) is 30.3 Å². The third kappa shape index (κ3) is 11.4. The van der Waals surface area contributed by atoms with Crippen LogP contribution in [0.4, 0.5) is 0 Å². The van der Waals surface area contributed by atoms with Gasteiger partial charge in [0.05, 0.1) is 0 Å². The van der Waals surface area contributed by atoms with Crippen LogP contribution in [0.3, 0.4) is 0 Å². The van der Waals surface area contributed by atoms with Gasteiger partial charge in [-0.25, -0.2) is 0 Å². The molecule has 1 aromatic rings. The van der Waals surface area contributed by atoms with Gasteiger partial charge in [-0.1, -0.05) is 45.6 Å². The van der Waals surface area contributed by atoms with E-state index >= 15 is 0 Å². The molecule has 0 aliphatic rings. The highest BCUT2D eigenvalue weighted by atomic mass is 16.6. The van der Waals surface area contributed by atoms with Gasteiger partial charge in [0.25, 0.3) is 0 Å². The Morgan fingerprint density at radius 2 is 1.49 bits per heavy atom. The number of esters is 3. The number of carboxylic acid groups (broad SMARTS) is 1. The average Bonchev–Trinajstić information content (AvgIpc) is 2.75. The van der Waals surface area contributed by atoms with Gasteiger partial charge in [-0.15, -0.1) is 0 Å². The molecule has 1 unspecified atom stereocenters. The Morgan fingerprint density at radius 3 is 1.97 bits per heavy atom. The average molecular weight is 494 g/mol. The Kier molecular flexibility index (Phi) is 13.0. The second kappa shape index (κ2) is 15.1. The van der Waals surface area contributed by atoms with Crippen molar-refractivity contribution < 1.29 is 38.5 Å². The Bertz CT molecular complexity index is 869. The Labute approximate surface area is 207 Å². The molecule has 0 aromatic heterocycles. The first-order valence-corrected chi connectivity index (χ1v) is 12.2. The van der Waals surface area contributed by atoms with Crippen LogP contribution in [0.1, 0.15) is 91.0 Å². The number of benzene rings is 1. The first-order chi connectivity index (χ1) is 16.5. The highest BCUT2D eigenvalue weighted by molar-refractivity contribution is 5.79. The number of rotatable bonds is 16. The number of aliphatic carboxylic acids is 1. The van der Waals surface area contributed by atoms with E-state index in [0.717, 1.165) is 25.7 Å². The van der Waals surface area contributed by atoms with Gasteiger partial charge in [0, 0.05) is 32.6 Å². The molecule has 0 amide bonds. The van der Waals surface area contributed by atoms with E-state index < -0.39 is 35.5 Å². The molecule has 0 spiro atoms. The van der Waals surface area contributed by atoms with Gasteiger partial charge in [0.15, 0.2) is 11.5 Å². The van der Waals surface area contributed by atoms with E-state index in [4.69, 9.17) is 19.9 Å². The molecule has 1 rings (SSSR count). The zero-order chi connectivity index (χ0) is 26.4. The van der Waals surface area contributed by atoms with E-state index in [2.05, 4.69) is 0 Å². The van der Waals surface area contributed by atoms with Crippen molar-refractivity contribution in [2.24, 2.45) is 5.73 Å². The minimum absolute atomic E-state index is 0.0358. The summed E-state index contributed by atoms with van der Waals surface area (Å²) in [5.74, 6) is -2.59. The van der Waals surface area contributed by atoms with E-state index in [1.54, 1.807) is 13.0 Å². The molecule has 2 atom stereocenters. The van der Waals surface area contributed by atoms with Gasteiger partial charge in [0.2, 0.25) is 0 Å². The highest BCUT2D eigenvalue weighted by Gasteiger charge is 2.37. The molecule has 3 N–H and O–H groups in total. The molecule has 1 aromatic carbocycles. The number of carbonyl (C=O) groups is 4. The summed E-state index contributed by atoms with van der Waals surface area (Å²) in [6.07, 6.45) is 4.52. The SMILES string of the molecule is CCCCCC(=O)Oc1ccc(CC(N)(C[C@H](C)OC(C)=O)C(=O)O)cc1OC(=O)CCCCC. The smallest absolute Gasteiger partial charge is 0.324 e. The molecule has 0 heterocycles. The van der Waals surface area contributed by atoms with Crippen LogP contribution in [0.2, 0.25) is 0 Å². The lowest BCUT2D eigenvalue weighted by atomic mass is 9.86. The predicted molar refractivity (Wildman–Crippen MR) is 130 cm³/mol. The van der Waals surface area contributed by atoms with Gasteiger partial charge < -0.3 is 25.1 Å². The zero-order valence-corrected chi connectivity index (χ0v) is 21.3. The third-order valence-electron chi connectivity index (χ3n) is 5.39. The summed E-state index contributed by atoms with van der Waals surface area (Å²) in [6, 6.07) is 4.51. The van der Waals surface area contributed by atoms with Crippen molar-refractivity contribution >= 4 is 23.9 Å². The zero-order valence-electron chi connectivity index (χ0n) is 21.3. The van der Waals surface area contributed by atoms with Crippen molar-refractivity contribution in [3.05, 3.63) is 23.8 Å². The number of hydrogen-bond acceptors (Lipinski definition) is 8. The molecule has 9 heteroatoms. The summed E-state index contributed by atoms with van der Waals surface area (Å²) in [5, 5.41) is 9.77. The summed E-state index contributed by atoms with van der Waals surface area (Å²) in [4.78, 5) is 47.8. The number of ether oxygens (including phenoxy) is 3. The Balaban J connectivity index is 3.14. The molecule has 0 aliphatic carbocycles. The van der Waals surface area contributed by atoms with E-state index in [0.29, 0.717) is 18.4 Å².